The molecule has 1 saturated heterocycles. The monoisotopic (exact) mass is 540 g/mol. The largest absolute Gasteiger partial charge is 0.452 e. The van der Waals surface area contributed by atoms with E-state index < -0.39 is 45.9 Å². The number of morpholine rings is 1. The molecule has 1 fully saturated rings. The summed E-state index contributed by atoms with van der Waals surface area (Å²) in [6, 6.07) is 6.16. The number of amides is 1. The highest BCUT2D eigenvalue weighted by Crippen LogP contribution is 2.36. The summed E-state index contributed by atoms with van der Waals surface area (Å²) in [4.78, 5) is 24.1. The number of hydrogen-bond donors (Lipinski definition) is 1. The van der Waals surface area contributed by atoms with Crippen molar-refractivity contribution in [3.8, 4) is 0 Å². The van der Waals surface area contributed by atoms with E-state index in [2.05, 4.69) is 0 Å². The Labute approximate surface area is 202 Å². The van der Waals surface area contributed by atoms with Crippen molar-refractivity contribution in [2.75, 3.05) is 38.2 Å². The number of carbonyl (C=O) groups excluding carboxylic acids is 2. The molecule has 184 valence electrons. The number of ether oxygens (including phenoxy) is 2. The van der Waals surface area contributed by atoms with Crippen LogP contribution in [0.2, 0.25) is 10.0 Å². The highest BCUT2D eigenvalue weighted by Gasteiger charge is 2.34. The van der Waals surface area contributed by atoms with Gasteiger partial charge in [0.1, 0.15) is 4.90 Å². The van der Waals surface area contributed by atoms with Crippen molar-refractivity contribution in [3.63, 3.8) is 0 Å². The maximum absolute atomic E-state index is 13.1. The van der Waals surface area contributed by atoms with Gasteiger partial charge in [0, 0.05) is 18.1 Å². The smallest absolute Gasteiger partial charge is 0.418 e. The Morgan fingerprint density at radius 3 is 2.41 bits per heavy atom. The van der Waals surface area contributed by atoms with Crippen LogP contribution in [0.1, 0.15) is 15.9 Å². The molecular formula is C20H17Cl2F3N2O6S. The SMILES string of the molecule is O=C(COC(=O)c1ccc(Cl)c(S(=O)(=O)N2CCOCC2)c1)Nc1ccc(Cl)cc1C(F)(F)F. The number of sulfonamides is 1. The predicted octanol–water partition coefficient (Wildman–Crippen LogP) is 3.83. The van der Waals surface area contributed by atoms with Crippen molar-refractivity contribution >= 4 is 50.8 Å². The summed E-state index contributed by atoms with van der Waals surface area (Å²) >= 11 is 11.6. The summed E-state index contributed by atoms with van der Waals surface area (Å²) < 4.78 is 76.3. The zero-order valence-corrected chi connectivity index (χ0v) is 19.5. The number of halogens is 5. The van der Waals surface area contributed by atoms with E-state index in [1.165, 1.54) is 12.1 Å². The first-order valence-electron chi connectivity index (χ1n) is 9.61. The number of rotatable bonds is 6. The maximum atomic E-state index is 13.1. The average molecular weight is 541 g/mol. The molecular weight excluding hydrogens is 524 g/mol. The summed E-state index contributed by atoms with van der Waals surface area (Å²) in [6.07, 6.45) is -4.78. The van der Waals surface area contributed by atoms with E-state index in [4.69, 9.17) is 32.7 Å². The summed E-state index contributed by atoms with van der Waals surface area (Å²) in [5, 5.41) is 1.71. The van der Waals surface area contributed by atoms with Crippen LogP contribution in [-0.2, 0) is 30.5 Å². The second-order valence-electron chi connectivity index (χ2n) is 6.97. The third-order valence-corrected chi connectivity index (χ3v) is 7.27. The van der Waals surface area contributed by atoms with Crippen LogP contribution in [0, 0.1) is 0 Å². The fourth-order valence-electron chi connectivity index (χ4n) is 3.01. The van der Waals surface area contributed by atoms with E-state index in [-0.39, 0.29) is 46.8 Å². The average Bonchev–Trinajstić information content (AvgIpc) is 2.78. The molecule has 0 unspecified atom stereocenters. The fourth-order valence-corrected chi connectivity index (χ4v) is 5.10. The van der Waals surface area contributed by atoms with Crippen LogP contribution in [-0.4, -0.2) is 57.5 Å². The molecule has 0 bridgehead atoms. The summed E-state index contributed by atoms with van der Waals surface area (Å²) in [6.45, 7) is -0.294. The van der Waals surface area contributed by atoms with Crippen LogP contribution in [0.3, 0.4) is 0 Å². The van der Waals surface area contributed by atoms with E-state index in [1.807, 2.05) is 5.32 Å². The maximum Gasteiger partial charge on any atom is 0.418 e. The van der Waals surface area contributed by atoms with Crippen molar-refractivity contribution in [1.82, 2.24) is 4.31 Å². The molecule has 8 nitrogen and oxygen atoms in total. The predicted molar refractivity (Wildman–Crippen MR) is 116 cm³/mol. The molecule has 0 spiro atoms. The quantitative estimate of drug-likeness (QED) is 0.558. The molecule has 0 saturated carbocycles. The minimum Gasteiger partial charge on any atom is -0.452 e. The zero-order chi connectivity index (χ0) is 25.1. The van der Waals surface area contributed by atoms with Crippen molar-refractivity contribution in [2.24, 2.45) is 0 Å². The highest BCUT2D eigenvalue weighted by atomic mass is 35.5. The number of nitrogens with zero attached hydrogens (tertiary/aromatic N) is 1. The third-order valence-electron chi connectivity index (χ3n) is 4.65. The number of alkyl halides is 3. The van der Waals surface area contributed by atoms with Crippen molar-refractivity contribution in [3.05, 3.63) is 57.6 Å². The molecule has 14 heteroatoms. The van der Waals surface area contributed by atoms with E-state index in [1.54, 1.807) is 0 Å². The van der Waals surface area contributed by atoms with Crippen LogP contribution in [0.25, 0.3) is 0 Å². The Morgan fingerprint density at radius 1 is 1.09 bits per heavy atom. The molecule has 2 aromatic rings. The van der Waals surface area contributed by atoms with Gasteiger partial charge in [0.05, 0.1) is 35.1 Å². The number of anilines is 1. The van der Waals surface area contributed by atoms with Gasteiger partial charge in [0.15, 0.2) is 6.61 Å². The summed E-state index contributed by atoms with van der Waals surface area (Å²) in [5.74, 6) is -2.12. The number of esters is 1. The van der Waals surface area contributed by atoms with Crippen LogP contribution in [0.15, 0.2) is 41.3 Å². The van der Waals surface area contributed by atoms with Crippen LogP contribution >= 0.6 is 23.2 Å². The lowest BCUT2D eigenvalue weighted by Gasteiger charge is -2.26. The van der Waals surface area contributed by atoms with Crippen molar-refractivity contribution < 1.29 is 40.7 Å². The molecule has 1 aliphatic heterocycles. The van der Waals surface area contributed by atoms with Gasteiger partial charge in [-0.2, -0.15) is 17.5 Å². The van der Waals surface area contributed by atoms with E-state index in [9.17, 15) is 31.2 Å². The molecule has 0 aromatic heterocycles. The first-order valence-corrected chi connectivity index (χ1v) is 11.8. The highest BCUT2D eigenvalue weighted by molar-refractivity contribution is 7.89. The lowest BCUT2D eigenvalue weighted by molar-refractivity contribution is -0.137. The van der Waals surface area contributed by atoms with Crippen LogP contribution < -0.4 is 5.32 Å². The molecule has 0 aliphatic carbocycles. The van der Waals surface area contributed by atoms with Gasteiger partial charge < -0.3 is 14.8 Å². The lowest BCUT2D eigenvalue weighted by atomic mass is 10.1. The Hall–Kier alpha value is -2.38. The van der Waals surface area contributed by atoms with Crippen LogP contribution in [0.4, 0.5) is 18.9 Å². The molecule has 0 atom stereocenters. The number of carbonyl (C=O) groups is 2. The molecule has 2 aromatic carbocycles. The lowest BCUT2D eigenvalue weighted by Crippen LogP contribution is -2.40. The summed E-state index contributed by atoms with van der Waals surface area (Å²) in [7, 11) is -4.03. The Morgan fingerprint density at radius 2 is 1.76 bits per heavy atom. The minimum atomic E-state index is -4.78. The van der Waals surface area contributed by atoms with Gasteiger partial charge in [-0.05, 0) is 36.4 Å². The van der Waals surface area contributed by atoms with Crippen molar-refractivity contribution in [2.45, 2.75) is 11.1 Å². The number of hydrogen-bond acceptors (Lipinski definition) is 6. The Kier molecular flexibility index (Phi) is 8.09. The van der Waals surface area contributed by atoms with Gasteiger partial charge in [0.2, 0.25) is 10.0 Å². The fraction of sp³-hybridized carbons (Fsp3) is 0.300. The van der Waals surface area contributed by atoms with Gasteiger partial charge in [-0.3, -0.25) is 4.79 Å². The molecule has 1 amide bonds. The van der Waals surface area contributed by atoms with E-state index in [0.717, 1.165) is 22.5 Å². The molecule has 1 aliphatic rings. The Bertz CT molecular complexity index is 1200. The standard InChI is InChI=1S/C20H17Cl2F3N2O6S/c21-13-2-4-16(14(10-13)20(23,24)25)26-18(28)11-33-19(29)12-1-3-15(22)17(9-12)34(30,31)27-5-7-32-8-6-27/h1-4,9-10H,5-8,11H2,(H,26,28). The first-order chi connectivity index (χ1) is 15.9. The van der Waals surface area contributed by atoms with Gasteiger partial charge in [-0.1, -0.05) is 23.2 Å². The van der Waals surface area contributed by atoms with Gasteiger partial charge in [0.25, 0.3) is 5.91 Å². The normalized spacial score (nSPS) is 15.1. The minimum absolute atomic E-state index is 0.109. The van der Waals surface area contributed by atoms with Gasteiger partial charge in [-0.15, -0.1) is 0 Å². The Balaban J connectivity index is 1.70. The first kappa shape index (κ1) is 26.2. The van der Waals surface area contributed by atoms with Gasteiger partial charge in [-0.25, -0.2) is 13.2 Å². The molecule has 34 heavy (non-hydrogen) atoms. The van der Waals surface area contributed by atoms with E-state index >= 15 is 0 Å². The number of nitrogens with one attached hydrogen (secondary N) is 1. The van der Waals surface area contributed by atoms with Crippen LogP contribution in [0.5, 0.6) is 0 Å². The van der Waals surface area contributed by atoms with Crippen molar-refractivity contribution in [1.29, 1.82) is 0 Å². The third kappa shape index (κ3) is 6.19. The second kappa shape index (κ2) is 10.5. The molecule has 1 N–H and O–H groups in total. The molecule has 0 radical (unpaired) electrons. The van der Waals surface area contributed by atoms with E-state index in [0.29, 0.717) is 6.07 Å². The zero-order valence-electron chi connectivity index (χ0n) is 17.2. The molecule has 1 heterocycles. The summed E-state index contributed by atoms with van der Waals surface area (Å²) in [5.41, 5.74) is -1.95. The molecule has 3 rings (SSSR count). The second-order valence-corrected chi connectivity index (χ2v) is 9.72. The van der Waals surface area contributed by atoms with Gasteiger partial charge >= 0.3 is 12.1 Å². The topological polar surface area (TPSA) is 102 Å². The number of benzene rings is 2.